The molecular weight excluding hydrogens is 375 g/mol. The Bertz CT molecular complexity index is 768. The number of piperazine rings is 1. The van der Waals surface area contributed by atoms with Crippen LogP contribution in [0.5, 0.6) is 0 Å². The molecule has 0 bridgehead atoms. The number of likely N-dealkylation sites (N-methyl/N-ethyl adjacent to an activating group) is 1. The third-order valence-electron chi connectivity index (χ3n) is 4.74. The maximum absolute atomic E-state index is 13.7. The van der Waals surface area contributed by atoms with Crippen molar-refractivity contribution in [2.45, 2.75) is 33.2 Å². The number of aryl methyl sites for hydroxylation is 1. The molecule has 1 aliphatic rings. The van der Waals surface area contributed by atoms with E-state index in [4.69, 9.17) is 0 Å². The smallest absolute Gasteiger partial charge is 0.254 e. The molecular formula is C21H31FN4O3. The van der Waals surface area contributed by atoms with Crippen molar-refractivity contribution in [1.82, 2.24) is 20.0 Å². The Kier molecular flexibility index (Phi) is 7.35. The van der Waals surface area contributed by atoms with Crippen molar-refractivity contribution in [2.24, 2.45) is 0 Å². The topological polar surface area (TPSA) is 73.0 Å². The molecule has 1 saturated heterocycles. The van der Waals surface area contributed by atoms with Crippen LogP contribution in [0, 0.1) is 12.7 Å². The van der Waals surface area contributed by atoms with Crippen molar-refractivity contribution >= 4 is 17.7 Å². The second-order valence-corrected chi connectivity index (χ2v) is 8.58. The van der Waals surface area contributed by atoms with Crippen molar-refractivity contribution < 1.29 is 18.8 Å². The van der Waals surface area contributed by atoms with Crippen molar-refractivity contribution in [2.75, 3.05) is 46.3 Å². The lowest BCUT2D eigenvalue weighted by molar-refractivity contribution is -0.133. The van der Waals surface area contributed by atoms with Crippen molar-refractivity contribution in [3.8, 4) is 0 Å². The van der Waals surface area contributed by atoms with Gasteiger partial charge in [0, 0.05) is 44.3 Å². The number of hydrogen-bond acceptors (Lipinski definition) is 4. The predicted octanol–water partition coefficient (Wildman–Crippen LogP) is 1.27. The number of benzene rings is 1. The maximum Gasteiger partial charge on any atom is 0.254 e. The average Bonchev–Trinajstić information content (AvgIpc) is 2.62. The molecule has 1 aromatic carbocycles. The minimum Gasteiger partial charge on any atom is -0.350 e. The highest BCUT2D eigenvalue weighted by molar-refractivity contribution is 5.96. The Hall–Kier alpha value is -2.48. The fourth-order valence-electron chi connectivity index (χ4n) is 3.14. The molecule has 1 heterocycles. The lowest BCUT2D eigenvalue weighted by Crippen LogP contribution is -2.54. The van der Waals surface area contributed by atoms with E-state index in [1.165, 1.54) is 18.0 Å². The van der Waals surface area contributed by atoms with Gasteiger partial charge in [0.2, 0.25) is 11.8 Å². The highest BCUT2D eigenvalue weighted by atomic mass is 19.1. The third kappa shape index (κ3) is 6.81. The molecule has 1 aromatic rings. The largest absolute Gasteiger partial charge is 0.350 e. The number of nitrogens with zero attached hydrogens (tertiary/aromatic N) is 3. The Morgan fingerprint density at radius 3 is 2.31 bits per heavy atom. The lowest BCUT2D eigenvalue weighted by Gasteiger charge is -2.35. The van der Waals surface area contributed by atoms with Gasteiger partial charge in [-0.15, -0.1) is 0 Å². The van der Waals surface area contributed by atoms with E-state index >= 15 is 0 Å². The minimum atomic E-state index is -0.442. The maximum atomic E-state index is 13.7. The van der Waals surface area contributed by atoms with Gasteiger partial charge in [0.25, 0.3) is 5.91 Å². The minimum absolute atomic E-state index is 0.0343. The number of rotatable bonds is 5. The summed E-state index contributed by atoms with van der Waals surface area (Å²) < 4.78 is 13.7. The molecule has 0 spiro atoms. The summed E-state index contributed by atoms with van der Waals surface area (Å²) in [6.45, 7) is 9.87. The average molecular weight is 407 g/mol. The molecule has 29 heavy (non-hydrogen) atoms. The van der Waals surface area contributed by atoms with E-state index in [-0.39, 0.29) is 29.5 Å². The molecule has 8 heteroatoms. The molecule has 1 fully saturated rings. The van der Waals surface area contributed by atoms with Crippen LogP contribution in [0.2, 0.25) is 0 Å². The van der Waals surface area contributed by atoms with E-state index in [1.54, 1.807) is 24.0 Å². The Morgan fingerprint density at radius 2 is 1.76 bits per heavy atom. The Labute approximate surface area is 171 Å². The summed E-state index contributed by atoms with van der Waals surface area (Å²) in [4.78, 5) is 42.0. The van der Waals surface area contributed by atoms with Crippen molar-refractivity contribution in [3.63, 3.8) is 0 Å². The third-order valence-corrected chi connectivity index (χ3v) is 4.74. The first-order chi connectivity index (χ1) is 13.5. The van der Waals surface area contributed by atoms with Gasteiger partial charge in [0.05, 0.1) is 13.1 Å². The Morgan fingerprint density at radius 1 is 1.14 bits per heavy atom. The summed E-state index contributed by atoms with van der Waals surface area (Å²) in [6.07, 6.45) is 0. The van der Waals surface area contributed by atoms with E-state index in [2.05, 4.69) is 5.32 Å². The van der Waals surface area contributed by atoms with Crippen LogP contribution in [-0.4, -0.2) is 84.3 Å². The van der Waals surface area contributed by atoms with Gasteiger partial charge in [-0.25, -0.2) is 4.39 Å². The zero-order chi connectivity index (χ0) is 21.8. The molecule has 0 saturated carbocycles. The van der Waals surface area contributed by atoms with Gasteiger partial charge in [-0.1, -0.05) is 6.07 Å². The summed E-state index contributed by atoms with van der Waals surface area (Å²) in [5.41, 5.74) is 0.416. The van der Waals surface area contributed by atoms with Gasteiger partial charge in [-0.05, 0) is 45.4 Å². The molecule has 2 rings (SSSR count). The number of halogens is 1. The van der Waals surface area contributed by atoms with Crippen LogP contribution in [0.3, 0.4) is 0 Å². The molecule has 1 aliphatic heterocycles. The number of carbonyl (C=O) groups is 3. The van der Waals surface area contributed by atoms with E-state index in [0.717, 1.165) is 0 Å². The van der Waals surface area contributed by atoms with Gasteiger partial charge in [-0.3, -0.25) is 19.3 Å². The highest BCUT2D eigenvalue weighted by Crippen LogP contribution is 2.11. The van der Waals surface area contributed by atoms with Crippen molar-refractivity contribution in [1.29, 1.82) is 0 Å². The molecule has 0 radical (unpaired) electrons. The predicted molar refractivity (Wildman–Crippen MR) is 109 cm³/mol. The lowest BCUT2D eigenvalue weighted by atomic mass is 10.1. The number of amides is 3. The monoisotopic (exact) mass is 406 g/mol. The Balaban J connectivity index is 1.82. The van der Waals surface area contributed by atoms with Gasteiger partial charge in [0.1, 0.15) is 5.82 Å². The van der Waals surface area contributed by atoms with Gasteiger partial charge in [0.15, 0.2) is 0 Å². The molecule has 0 atom stereocenters. The standard InChI is InChI=1S/C21H31FN4O3/c1-15-6-7-16(12-17(15)22)20(29)24(5)14-19(28)26-10-8-25(9-11-26)13-18(27)23-21(2,3)4/h6-7,12H,8-11,13-14H2,1-5H3,(H,23,27). The zero-order valence-corrected chi connectivity index (χ0v) is 17.9. The van der Waals surface area contributed by atoms with E-state index in [1.807, 2.05) is 25.7 Å². The molecule has 7 nitrogen and oxygen atoms in total. The molecule has 0 unspecified atom stereocenters. The summed E-state index contributed by atoms with van der Waals surface area (Å²) in [5, 5.41) is 2.93. The summed E-state index contributed by atoms with van der Waals surface area (Å²) >= 11 is 0. The van der Waals surface area contributed by atoms with Crippen LogP contribution in [0.1, 0.15) is 36.7 Å². The molecule has 0 aliphatic carbocycles. The molecule has 3 amide bonds. The van der Waals surface area contributed by atoms with Crippen molar-refractivity contribution in [3.05, 3.63) is 35.1 Å². The first kappa shape index (κ1) is 22.8. The second kappa shape index (κ2) is 9.35. The van der Waals surface area contributed by atoms with Crippen LogP contribution < -0.4 is 5.32 Å². The van der Waals surface area contributed by atoms with Gasteiger partial charge < -0.3 is 15.1 Å². The number of nitrogens with one attached hydrogen (secondary N) is 1. The first-order valence-corrected chi connectivity index (χ1v) is 9.79. The SMILES string of the molecule is Cc1ccc(C(=O)N(C)CC(=O)N2CCN(CC(=O)NC(C)(C)C)CC2)cc1F. The van der Waals surface area contributed by atoms with Gasteiger partial charge >= 0.3 is 0 Å². The van der Waals surface area contributed by atoms with E-state index in [0.29, 0.717) is 38.3 Å². The van der Waals surface area contributed by atoms with Crippen LogP contribution in [0.25, 0.3) is 0 Å². The quantitative estimate of drug-likeness (QED) is 0.799. The zero-order valence-electron chi connectivity index (χ0n) is 17.9. The highest BCUT2D eigenvalue weighted by Gasteiger charge is 2.25. The summed E-state index contributed by atoms with van der Waals surface area (Å²) in [6, 6.07) is 4.30. The number of carbonyl (C=O) groups excluding carboxylic acids is 3. The molecule has 160 valence electrons. The van der Waals surface area contributed by atoms with E-state index in [9.17, 15) is 18.8 Å². The second-order valence-electron chi connectivity index (χ2n) is 8.58. The summed E-state index contributed by atoms with van der Waals surface area (Å²) in [7, 11) is 1.53. The molecule has 1 N–H and O–H groups in total. The van der Waals surface area contributed by atoms with Crippen LogP contribution in [0.15, 0.2) is 18.2 Å². The normalized spacial score (nSPS) is 15.2. The number of hydrogen-bond donors (Lipinski definition) is 1. The first-order valence-electron chi connectivity index (χ1n) is 9.79. The summed E-state index contributed by atoms with van der Waals surface area (Å²) in [5.74, 6) is -1.03. The fraction of sp³-hybridized carbons (Fsp3) is 0.571. The van der Waals surface area contributed by atoms with Gasteiger partial charge in [-0.2, -0.15) is 0 Å². The van der Waals surface area contributed by atoms with Crippen LogP contribution in [-0.2, 0) is 9.59 Å². The fourth-order valence-corrected chi connectivity index (χ4v) is 3.14. The van der Waals surface area contributed by atoms with Crippen LogP contribution >= 0.6 is 0 Å². The van der Waals surface area contributed by atoms with E-state index < -0.39 is 11.7 Å². The molecule has 0 aromatic heterocycles. The van der Waals surface area contributed by atoms with Crippen LogP contribution in [0.4, 0.5) is 4.39 Å².